The highest BCUT2D eigenvalue weighted by atomic mass is 79.9. The lowest BCUT2D eigenvalue weighted by atomic mass is 10.1. The summed E-state index contributed by atoms with van der Waals surface area (Å²) in [4.78, 5) is 21.9. The normalized spacial score (nSPS) is 10.1. The molecule has 2 aromatic rings. The zero-order valence-corrected chi connectivity index (χ0v) is 12.3. The van der Waals surface area contributed by atoms with E-state index in [-0.39, 0.29) is 23.5 Å². The van der Waals surface area contributed by atoms with Crippen molar-refractivity contribution >= 4 is 27.9 Å². The number of rotatable bonds is 5. The maximum atomic E-state index is 11.1. The van der Waals surface area contributed by atoms with E-state index in [9.17, 15) is 9.59 Å². The highest BCUT2D eigenvalue weighted by molar-refractivity contribution is 9.10. The summed E-state index contributed by atoms with van der Waals surface area (Å²) in [5.74, 6) is -1.83. The first-order valence-corrected chi connectivity index (χ1v) is 6.75. The minimum absolute atomic E-state index is 0.0616. The minimum Gasteiger partial charge on any atom is -0.487 e. The van der Waals surface area contributed by atoms with E-state index < -0.39 is 11.9 Å². The molecule has 6 heteroatoms. The summed E-state index contributed by atoms with van der Waals surface area (Å²) in [6.45, 7) is 0.142. The topological polar surface area (TPSA) is 83.8 Å². The van der Waals surface area contributed by atoms with E-state index >= 15 is 0 Å². The Labute approximate surface area is 128 Å². The Bertz CT molecular complexity index is 679. The standard InChI is InChI=1S/C15H11BrO5/c16-12-3-1-2-11(15(19)20)13(12)21-8-9-4-6-10(7-5-9)14(17)18/h1-7H,8H2,(H,17,18)(H,19,20). The molecule has 0 heterocycles. The molecule has 0 aromatic heterocycles. The monoisotopic (exact) mass is 350 g/mol. The first kappa shape index (κ1) is 15.1. The molecule has 0 unspecified atom stereocenters. The van der Waals surface area contributed by atoms with Crippen LogP contribution in [0.2, 0.25) is 0 Å². The molecule has 0 saturated heterocycles. The van der Waals surface area contributed by atoms with Crippen LogP contribution in [-0.4, -0.2) is 22.2 Å². The van der Waals surface area contributed by atoms with Gasteiger partial charge in [0.2, 0.25) is 0 Å². The van der Waals surface area contributed by atoms with Crippen LogP contribution in [0.3, 0.4) is 0 Å². The summed E-state index contributed by atoms with van der Waals surface area (Å²) in [5.41, 5.74) is 0.990. The third-order valence-electron chi connectivity index (χ3n) is 2.78. The molecule has 0 aliphatic carbocycles. The van der Waals surface area contributed by atoms with Gasteiger partial charge < -0.3 is 14.9 Å². The summed E-state index contributed by atoms with van der Waals surface area (Å²) in [6.07, 6.45) is 0. The van der Waals surface area contributed by atoms with Gasteiger partial charge in [-0.3, -0.25) is 0 Å². The van der Waals surface area contributed by atoms with Crippen molar-refractivity contribution in [1.29, 1.82) is 0 Å². The zero-order chi connectivity index (χ0) is 15.4. The molecule has 0 spiro atoms. The van der Waals surface area contributed by atoms with E-state index in [1.807, 2.05) is 0 Å². The summed E-state index contributed by atoms with van der Waals surface area (Å²) in [7, 11) is 0. The average Bonchev–Trinajstić information content (AvgIpc) is 2.46. The fraction of sp³-hybridized carbons (Fsp3) is 0.0667. The van der Waals surface area contributed by atoms with Crippen LogP contribution in [0.15, 0.2) is 46.9 Å². The lowest BCUT2D eigenvalue weighted by Gasteiger charge is -2.11. The molecular weight excluding hydrogens is 340 g/mol. The van der Waals surface area contributed by atoms with Gasteiger partial charge in [0.1, 0.15) is 17.9 Å². The van der Waals surface area contributed by atoms with E-state index in [1.165, 1.54) is 18.2 Å². The molecule has 0 aliphatic rings. The molecule has 0 saturated carbocycles. The van der Waals surface area contributed by atoms with E-state index in [1.54, 1.807) is 24.3 Å². The van der Waals surface area contributed by atoms with Crippen LogP contribution in [0.1, 0.15) is 26.3 Å². The third kappa shape index (κ3) is 3.61. The van der Waals surface area contributed by atoms with Crippen molar-refractivity contribution in [2.75, 3.05) is 0 Å². The highest BCUT2D eigenvalue weighted by Crippen LogP contribution is 2.29. The number of halogens is 1. The van der Waals surface area contributed by atoms with Crippen LogP contribution in [0, 0.1) is 0 Å². The lowest BCUT2D eigenvalue weighted by molar-refractivity contribution is 0.0682. The van der Waals surface area contributed by atoms with Gasteiger partial charge in [0.25, 0.3) is 0 Å². The fourth-order valence-corrected chi connectivity index (χ4v) is 2.20. The summed E-state index contributed by atoms with van der Waals surface area (Å²) < 4.78 is 6.09. The number of aromatic carboxylic acids is 2. The highest BCUT2D eigenvalue weighted by Gasteiger charge is 2.14. The zero-order valence-electron chi connectivity index (χ0n) is 10.7. The Balaban J connectivity index is 2.16. The van der Waals surface area contributed by atoms with Gasteiger partial charge in [-0.1, -0.05) is 18.2 Å². The maximum absolute atomic E-state index is 11.1. The Morgan fingerprint density at radius 2 is 1.67 bits per heavy atom. The van der Waals surface area contributed by atoms with Crippen LogP contribution in [0.25, 0.3) is 0 Å². The second kappa shape index (κ2) is 6.41. The third-order valence-corrected chi connectivity index (χ3v) is 3.41. The quantitative estimate of drug-likeness (QED) is 0.862. The summed E-state index contributed by atoms with van der Waals surface area (Å²) in [5, 5.41) is 17.9. The van der Waals surface area contributed by atoms with E-state index in [2.05, 4.69) is 15.9 Å². The second-order valence-electron chi connectivity index (χ2n) is 4.21. The van der Waals surface area contributed by atoms with Gasteiger partial charge in [-0.05, 0) is 45.8 Å². The summed E-state index contributed by atoms with van der Waals surface area (Å²) >= 11 is 3.25. The van der Waals surface area contributed by atoms with Crippen molar-refractivity contribution in [2.24, 2.45) is 0 Å². The lowest BCUT2D eigenvalue weighted by Crippen LogP contribution is -2.04. The molecule has 0 atom stereocenters. The summed E-state index contributed by atoms with van der Waals surface area (Å²) in [6, 6.07) is 11.0. The van der Waals surface area contributed by atoms with Gasteiger partial charge in [-0.2, -0.15) is 0 Å². The van der Waals surface area contributed by atoms with Crippen molar-refractivity contribution < 1.29 is 24.5 Å². The van der Waals surface area contributed by atoms with Gasteiger partial charge in [0, 0.05) is 0 Å². The van der Waals surface area contributed by atoms with Crippen LogP contribution >= 0.6 is 15.9 Å². The first-order valence-electron chi connectivity index (χ1n) is 5.96. The Hall–Kier alpha value is -2.34. The molecule has 0 radical (unpaired) electrons. The average molecular weight is 351 g/mol. The smallest absolute Gasteiger partial charge is 0.339 e. The number of carboxylic acid groups (broad SMARTS) is 2. The van der Waals surface area contributed by atoms with Gasteiger partial charge >= 0.3 is 11.9 Å². The maximum Gasteiger partial charge on any atom is 0.339 e. The van der Waals surface area contributed by atoms with Crippen molar-refractivity contribution in [1.82, 2.24) is 0 Å². The van der Waals surface area contributed by atoms with E-state index in [0.29, 0.717) is 4.47 Å². The van der Waals surface area contributed by atoms with Gasteiger partial charge in [-0.15, -0.1) is 0 Å². The fourth-order valence-electron chi connectivity index (χ4n) is 1.72. The van der Waals surface area contributed by atoms with Crippen molar-refractivity contribution in [3.63, 3.8) is 0 Å². The van der Waals surface area contributed by atoms with Crippen molar-refractivity contribution in [3.8, 4) is 5.75 Å². The molecular formula is C15H11BrO5. The molecule has 0 fully saturated rings. The molecule has 2 N–H and O–H groups in total. The molecule has 5 nitrogen and oxygen atoms in total. The number of ether oxygens (including phenoxy) is 1. The van der Waals surface area contributed by atoms with E-state index in [4.69, 9.17) is 14.9 Å². The molecule has 21 heavy (non-hydrogen) atoms. The second-order valence-corrected chi connectivity index (χ2v) is 5.07. The van der Waals surface area contributed by atoms with Gasteiger partial charge in [0.15, 0.2) is 0 Å². The largest absolute Gasteiger partial charge is 0.487 e. The molecule has 108 valence electrons. The number of benzene rings is 2. The number of hydrogen-bond acceptors (Lipinski definition) is 3. The Kier molecular flexibility index (Phi) is 4.59. The van der Waals surface area contributed by atoms with Crippen LogP contribution < -0.4 is 4.74 Å². The van der Waals surface area contributed by atoms with Crippen LogP contribution in [0.5, 0.6) is 5.75 Å². The SMILES string of the molecule is O=C(O)c1ccc(COc2c(Br)cccc2C(=O)O)cc1. The Morgan fingerprint density at radius 1 is 1.00 bits per heavy atom. The minimum atomic E-state index is -1.08. The van der Waals surface area contributed by atoms with E-state index in [0.717, 1.165) is 5.56 Å². The van der Waals surface area contributed by atoms with Crippen LogP contribution in [0.4, 0.5) is 0 Å². The predicted octanol–water partition coefficient (Wildman–Crippen LogP) is 3.42. The number of para-hydroxylation sites is 1. The predicted molar refractivity (Wildman–Crippen MR) is 78.8 cm³/mol. The molecule has 2 rings (SSSR count). The van der Waals surface area contributed by atoms with Gasteiger partial charge in [0.05, 0.1) is 10.0 Å². The number of carbonyl (C=O) groups is 2. The first-order chi connectivity index (χ1) is 9.99. The Morgan fingerprint density at radius 3 is 2.24 bits per heavy atom. The molecule has 0 bridgehead atoms. The molecule has 0 amide bonds. The van der Waals surface area contributed by atoms with Gasteiger partial charge in [-0.25, -0.2) is 9.59 Å². The van der Waals surface area contributed by atoms with Crippen LogP contribution in [-0.2, 0) is 6.61 Å². The number of carboxylic acids is 2. The van der Waals surface area contributed by atoms with Crippen molar-refractivity contribution in [2.45, 2.75) is 6.61 Å². The molecule has 2 aromatic carbocycles. The van der Waals surface area contributed by atoms with Crippen molar-refractivity contribution in [3.05, 3.63) is 63.6 Å². The molecule has 0 aliphatic heterocycles. The number of hydrogen-bond donors (Lipinski definition) is 2.